The Morgan fingerprint density at radius 2 is 2.33 bits per heavy atom. The third-order valence-electron chi connectivity index (χ3n) is 0.417. The summed E-state index contributed by atoms with van der Waals surface area (Å²) in [5.74, 6) is -0.213. The molecular formula is C4H6O2. The van der Waals surface area contributed by atoms with Crippen molar-refractivity contribution in [2.45, 2.75) is 6.92 Å². The largest absolute Gasteiger partial charge is 0.505 e. The Hall–Kier alpha value is -0.790. The molecule has 0 aromatic rings. The fraction of sp³-hybridized carbons (Fsp3) is 0.250. The molecule has 0 saturated heterocycles. The first kappa shape index (κ1) is 5.21. The Morgan fingerprint density at radius 1 is 1.83 bits per heavy atom. The minimum Gasteiger partial charge on any atom is -0.505 e. The highest BCUT2D eigenvalue weighted by molar-refractivity contribution is 5.69. The third kappa shape index (κ3) is 1.52. The number of aldehydes is 1. The molecule has 0 aromatic heterocycles. The molecule has 0 aliphatic heterocycles. The molecule has 0 unspecified atom stereocenters. The van der Waals surface area contributed by atoms with E-state index in [1.165, 1.54) is 6.08 Å². The van der Waals surface area contributed by atoms with Crippen LogP contribution in [0.2, 0.25) is 0 Å². The minimum atomic E-state index is -0.213. The van der Waals surface area contributed by atoms with Gasteiger partial charge in [-0.25, -0.2) is 0 Å². The minimum absolute atomic E-state index is 0.213. The van der Waals surface area contributed by atoms with Crippen molar-refractivity contribution in [2.24, 2.45) is 0 Å². The van der Waals surface area contributed by atoms with Crippen molar-refractivity contribution in [2.75, 3.05) is 0 Å². The topological polar surface area (TPSA) is 37.3 Å². The van der Waals surface area contributed by atoms with E-state index in [9.17, 15) is 4.79 Å². The first-order chi connectivity index (χ1) is 2.81. The molecule has 0 aliphatic carbocycles. The molecule has 0 saturated carbocycles. The molecule has 2 nitrogen and oxygen atoms in total. The van der Waals surface area contributed by atoms with Crippen LogP contribution in [0.15, 0.2) is 11.8 Å². The maximum atomic E-state index is 9.42. The summed E-state index contributed by atoms with van der Waals surface area (Å²) < 4.78 is 0. The van der Waals surface area contributed by atoms with Crippen molar-refractivity contribution in [1.82, 2.24) is 0 Å². The van der Waals surface area contributed by atoms with Crippen LogP contribution in [0.4, 0.5) is 0 Å². The molecule has 0 fully saturated rings. The number of hydrogen-bond acceptors (Lipinski definition) is 2. The summed E-state index contributed by atoms with van der Waals surface area (Å²) >= 11 is 0. The van der Waals surface area contributed by atoms with Gasteiger partial charge in [0.25, 0.3) is 0 Å². The lowest BCUT2D eigenvalue weighted by atomic mass is 10.5. The molecule has 6 heavy (non-hydrogen) atoms. The highest BCUT2D eigenvalue weighted by Gasteiger charge is 1.75. The number of aliphatic hydroxyl groups excluding tert-OH is 1. The molecule has 0 spiro atoms. The van der Waals surface area contributed by atoms with E-state index in [2.05, 4.69) is 0 Å². The van der Waals surface area contributed by atoms with E-state index in [-0.39, 0.29) is 5.76 Å². The van der Waals surface area contributed by atoms with Gasteiger partial charge in [-0.05, 0) is 13.0 Å². The lowest BCUT2D eigenvalue weighted by molar-refractivity contribution is -0.106. The maximum absolute atomic E-state index is 9.42. The first-order valence-corrected chi connectivity index (χ1v) is 1.61. The predicted molar refractivity (Wildman–Crippen MR) is 22.4 cm³/mol. The Bertz CT molecular complexity index is 73.6. The van der Waals surface area contributed by atoms with Crippen LogP contribution in [-0.2, 0) is 4.79 Å². The highest BCUT2D eigenvalue weighted by atomic mass is 16.3. The number of carbonyl (C=O) groups is 1. The van der Waals surface area contributed by atoms with Crippen LogP contribution < -0.4 is 0 Å². The van der Waals surface area contributed by atoms with Crippen molar-refractivity contribution in [3.05, 3.63) is 11.8 Å². The van der Waals surface area contributed by atoms with Gasteiger partial charge < -0.3 is 5.11 Å². The number of carbonyl (C=O) groups excluding carboxylic acids is 1. The van der Waals surface area contributed by atoms with E-state index in [0.717, 1.165) is 0 Å². The fourth-order valence-electron chi connectivity index (χ4n) is 0.0680. The molecule has 0 heterocycles. The molecule has 2 heteroatoms. The summed E-state index contributed by atoms with van der Waals surface area (Å²) in [6, 6.07) is 0. The summed E-state index contributed by atoms with van der Waals surface area (Å²) in [4.78, 5) is 9.42. The van der Waals surface area contributed by atoms with E-state index in [1.54, 1.807) is 6.92 Å². The molecule has 0 radical (unpaired) electrons. The lowest BCUT2D eigenvalue weighted by Gasteiger charge is -1.74. The zero-order chi connectivity index (χ0) is 4.99. The standard InChI is InChI=1S/C4H6O2/c1-2-4(6)3-5/h2-3,6H,1H3/b4-2+. The van der Waals surface area contributed by atoms with Gasteiger partial charge in [-0.1, -0.05) is 0 Å². The quantitative estimate of drug-likeness (QED) is 0.289. The van der Waals surface area contributed by atoms with Gasteiger partial charge in [0.1, 0.15) is 0 Å². The Morgan fingerprint density at radius 3 is 2.33 bits per heavy atom. The average Bonchev–Trinajstić information content (AvgIpc) is 1.65. The first-order valence-electron chi connectivity index (χ1n) is 1.61. The lowest BCUT2D eigenvalue weighted by Crippen LogP contribution is -1.75. The van der Waals surface area contributed by atoms with Gasteiger partial charge >= 0.3 is 0 Å². The number of aliphatic hydroxyl groups is 1. The van der Waals surface area contributed by atoms with Gasteiger partial charge in [0.15, 0.2) is 12.0 Å². The normalized spacial score (nSPS) is 11.2. The van der Waals surface area contributed by atoms with E-state index in [1.807, 2.05) is 0 Å². The Kier molecular flexibility index (Phi) is 2.13. The van der Waals surface area contributed by atoms with Crippen LogP contribution in [0.1, 0.15) is 6.92 Å². The van der Waals surface area contributed by atoms with Gasteiger partial charge in [-0.3, -0.25) is 4.79 Å². The average molecular weight is 86.1 g/mol. The van der Waals surface area contributed by atoms with Gasteiger partial charge in [0.05, 0.1) is 0 Å². The van der Waals surface area contributed by atoms with Crippen molar-refractivity contribution in [1.29, 1.82) is 0 Å². The fourth-order valence-corrected chi connectivity index (χ4v) is 0.0680. The van der Waals surface area contributed by atoms with Gasteiger partial charge in [-0.2, -0.15) is 0 Å². The third-order valence-corrected chi connectivity index (χ3v) is 0.417. The summed E-state index contributed by atoms with van der Waals surface area (Å²) in [6.07, 6.45) is 1.72. The summed E-state index contributed by atoms with van der Waals surface area (Å²) in [7, 11) is 0. The molecule has 0 amide bonds. The molecule has 1 N–H and O–H groups in total. The van der Waals surface area contributed by atoms with E-state index in [0.29, 0.717) is 6.29 Å². The molecular weight excluding hydrogens is 80.0 g/mol. The van der Waals surface area contributed by atoms with E-state index >= 15 is 0 Å². The van der Waals surface area contributed by atoms with Crippen LogP contribution in [0, 0.1) is 0 Å². The number of allylic oxidation sites excluding steroid dienone is 2. The highest BCUT2D eigenvalue weighted by Crippen LogP contribution is 1.74. The summed E-state index contributed by atoms with van der Waals surface area (Å²) in [5.41, 5.74) is 0. The number of rotatable bonds is 1. The summed E-state index contributed by atoms with van der Waals surface area (Å²) in [5, 5.41) is 8.16. The molecule has 0 aromatic carbocycles. The molecule has 34 valence electrons. The molecule has 0 bridgehead atoms. The smallest absolute Gasteiger partial charge is 0.184 e. The number of hydrogen-bond donors (Lipinski definition) is 1. The van der Waals surface area contributed by atoms with Crippen LogP contribution in [0.3, 0.4) is 0 Å². The van der Waals surface area contributed by atoms with Crippen LogP contribution in [0.5, 0.6) is 0 Å². The zero-order valence-corrected chi connectivity index (χ0v) is 3.51. The van der Waals surface area contributed by atoms with Crippen molar-refractivity contribution < 1.29 is 9.90 Å². The van der Waals surface area contributed by atoms with Crippen molar-refractivity contribution in [3.63, 3.8) is 0 Å². The van der Waals surface area contributed by atoms with Gasteiger partial charge in [0.2, 0.25) is 0 Å². The van der Waals surface area contributed by atoms with Crippen molar-refractivity contribution in [3.8, 4) is 0 Å². The van der Waals surface area contributed by atoms with Gasteiger partial charge in [-0.15, -0.1) is 0 Å². The maximum Gasteiger partial charge on any atom is 0.184 e. The zero-order valence-electron chi connectivity index (χ0n) is 3.51. The van der Waals surface area contributed by atoms with Crippen LogP contribution in [0.25, 0.3) is 0 Å². The van der Waals surface area contributed by atoms with E-state index in [4.69, 9.17) is 5.11 Å². The van der Waals surface area contributed by atoms with Crippen LogP contribution in [-0.4, -0.2) is 11.4 Å². The van der Waals surface area contributed by atoms with Crippen LogP contribution >= 0.6 is 0 Å². The molecule has 0 aliphatic rings. The SMILES string of the molecule is C/C=C(/O)C=O. The second-order valence-electron chi connectivity index (χ2n) is 0.831. The predicted octanol–water partition coefficient (Wildman–Crippen LogP) is 0.647. The monoisotopic (exact) mass is 86.0 g/mol. The summed E-state index contributed by atoms with van der Waals surface area (Å²) in [6.45, 7) is 1.59. The Balaban J connectivity index is 3.50. The second kappa shape index (κ2) is 2.45. The Labute approximate surface area is 36.1 Å². The van der Waals surface area contributed by atoms with E-state index < -0.39 is 0 Å². The molecule has 0 atom stereocenters. The second-order valence-corrected chi connectivity index (χ2v) is 0.831. The molecule has 0 rings (SSSR count). The van der Waals surface area contributed by atoms with Gasteiger partial charge in [0, 0.05) is 0 Å². The van der Waals surface area contributed by atoms with Crippen molar-refractivity contribution >= 4 is 6.29 Å².